The first-order chi connectivity index (χ1) is 7.79. The third-order valence-electron chi connectivity index (χ3n) is 2.30. The van der Waals surface area contributed by atoms with Gasteiger partial charge >= 0.3 is 0 Å². The lowest BCUT2D eigenvalue weighted by Gasteiger charge is -2.01. The van der Waals surface area contributed by atoms with Crippen molar-refractivity contribution in [2.24, 2.45) is 0 Å². The Labute approximate surface area is 93.9 Å². The molecule has 2 rings (SSSR count). The van der Waals surface area contributed by atoms with Crippen LogP contribution in [0.15, 0.2) is 22.6 Å². The van der Waals surface area contributed by atoms with E-state index in [9.17, 15) is 0 Å². The normalized spacial score (nSPS) is 10.5. The molecule has 0 saturated heterocycles. The predicted molar refractivity (Wildman–Crippen MR) is 60.7 cm³/mol. The summed E-state index contributed by atoms with van der Waals surface area (Å²) >= 11 is 0. The van der Waals surface area contributed by atoms with Crippen LogP contribution in [-0.4, -0.2) is 11.5 Å². The second kappa shape index (κ2) is 4.77. The summed E-state index contributed by atoms with van der Waals surface area (Å²) in [6.45, 7) is 3.30. The number of nitriles is 1. The van der Waals surface area contributed by atoms with Gasteiger partial charge in [-0.05, 0) is 17.7 Å². The van der Waals surface area contributed by atoms with Crippen LogP contribution in [0.25, 0.3) is 11.1 Å². The summed E-state index contributed by atoms with van der Waals surface area (Å²) in [6, 6.07) is 8.05. The van der Waals surface area contributed by atoms with Crippen molar-refractivity contribution in [2.45, 2.75) is 19.9 Å². The molecule has 82 valence electrons. The maximum Gasteiger partial charge on any atom is 0.192 e. The number of fused-ring (bicyclic) bond motifs is 1. The van der Waals surface area contributed by atoms with Crippen molar-refractivity contribution in [3.8, 4) is 6.07 Å². The minimum Gasteiger partial charge on any atom is -0.441 e. The highest BCUT2D eigenvalue weighted by Crippen LogP contribution is 2.16. The van der Waals surface area contributed by atoms with Gasteiger partial charge in [0.2, 0.25) is 0 Å². The van der Waals surface area contributed by atoms with Gasteiger partial charge in [-0.25, -0.2) is 4.98 Å². The average molecular weight is 215 g/mol. The van der Waals surface area contributed by atoms with Gasteiger partial charge in [0.25, 0.3) is 0 Å². The van der Waals surface area contributed by atoms with E-state index in [0.717, 1.165) is 23.2 Å². The quantitative estimate of drug-likeness (QED) is 0.794. The van der Waals surface area contributed by atoms with Gasteiger partial charge in [-0.15, -0.1) is 0 Å². The molecule has 0 spiro atoms. The molecule has 1 aromatic heterocycles. The molecule has 0 bridgehead atoms. The van der Waals surface area contributed by atoms with E-state index in [0.29, 0.717) is 18.9 Å². The molecule has 16 heavy (non-hydrogen) atoms. The molecule has 0 radical (unpaired) electrons. The molecule has 0 amide bonds. The van der Waals surface area contributed by atoms with Crippen LogP contribution in [0.1, 0.15) is 17.9 Å². The first kappa shape index (κ1) is 10.7. The highest BCUT2D eigenvalue weighted by atomic mass is 16.3. The molecule has 1 N–H and O–H groups in total. The van der Waals surface area contributed by atoms with Gasteiger partial charge in [0.15, 0.2) is 11.5 Å². The van der Waals surface area contributed by atoms with Crippen molar-refractivity contribution >= 4 is 11.1 Å². The summed E-state index contributed by atoms with van der Waals surface area (Å²) in [7, 11) is 0. The van der Waals surface area contributed by atoms with Crippen molar-refractivity contribution in [3.05, 3.63) is 29.7 Å². The lowest BCUT2D eigenvalue weighted by molar-refractivity contribution is 0.560. The predicted octanol–water partition coefficient (Wildman–Crippen LogP) is 2.14. The number of aromatic nitrogens is 1. The molecule has 0 fully saturated rings. The van der Waals surface area contributed by atoms with Crippen LogP contribution in [0, 0.1) is 18.3 Å². The Hall–Kier alpha value is -1.86. The Bertz CT molecular complexity index is 525. The Morgan fingerprint density at radius 1 is 1.50 bits per heavy atom. The number of nitrogens with zero attached hydrogens (tertiary/aromatic N) is 2. The van der Waals surface area contributed by atoms with E-state index in [2.05, 4.69) is 16.4 Å². The fraction of sp³-hybridized carbons (Fsp3) is 0.333. The number of rotatable bonds is 4. The molecular weight excluding hydrogens is 202 g/mol. The van der Waals surface area contributed by atoms with E-state index in [4.69, 9.17) is 9.68 Å². The molecule has 2 aromatic rings. The zero-order valence-electron chi connectivity index (χ0n) is 9.16. The SMILES string of the molecule is Cc1nc2ccc(CNCCC#N)cc2o1. The molecule has 4 heteroatoms. The molecule has 0 saturated carbocycles. The highest BCUT2D eigenvalue weighted by Gasteiger charge is 2.02. The summed E-state index contributed by atoms with van der Waals surface area (Å²) in [5.74, 6) is 0.685. The number of benzene rings is 1. The van der Waals surface area contributed by atoms with Crippen LogP contribution in [-0.2, 0) is 6.54 Å². The van der Waals surface area contributed by atoms with Gasteiger partial charge in [0, 0.05) is 26.4 Å². The zero-order valence-corrected chi connectivity index (χ0v) is 9.16. The minimum absolute atomic E-state index is 0.531. The monoisotopic (exact) mass is 215 g/mol. The average Bonchev–Trinajstić information content (AvgIpc) is 2.64. The smallest absolute Gasteiger partial charge is 0.192 e. The Morgan fingerprint density at radius 3 is 3.19 bits per heavy atom. The third-order valence-corrected chi connectivity index (χ3v) is 2.30. The van der Waals surface area contributed by atoms with Gasteiger partial charge in [-0.2, -0.15) is 5.26 Å². The van der Waals surface area contributed by atoms with E-state index in [-0.39, 0.29) is 0 Å². The molecule has 1 aromatic carbocycles. The first-order valence-electron chi connectivity index (χ1n) is 5.23. The van der Waals surface area contributed by atoms with E-state index in [1.807, 2.05) is 25.1 Å². The van der Waals surface area contributed by atoms with Crippen molar-refractivity contribution in [2.75, 3.05) is 6.54 Å². The minimum atomic E-state index is 0.531. The first-order valence-corrected chi connectivity index (χ1v) is 5.23. The zero-order chi connectivity index (χ0) is 11.4. The number of nitrogens with one attached hydrogen (secondary N) is 1. The van der Waals surface area contributed by atoms with Crippen LogP contribution >= 0.6 is 0 Å². The summed E-state index contributed by atoms with van der Waals surface area (Å²) in [5.41, 5.74) is 2.84. The van der Waals surface area contributed by atoms with Gasteiger partial charge in [0.05, 0.1) is 6.07 Å². The second-order valence-electron chi connectivity index (χ2n) is 3.62. The van der Waals surface area contributed by atoms with Crippen molar-refractivity contribution < 1.29 is 4.42 Å². The summed E-state index contributed by atoms with van der Waals surface area (Å²) < 4.78 is 5.44. The largest absolute Gasteiger partial charge is 0.441 e. The van der Waals surface area contributed by atoms with Crippen molar-refractivity contribution in [3.63, 3.8) is 0 Å². The molecule has 0 aliphatic carbocycles. The lowest BCUT2D eigenvalue weighted by Crippen LogP contribution is -2.13. The van der Waals surface area contributed by atoms with E-state index in [1.165, 1.54) is 0 Å². The summed E-state index contributed by atoms with van der Waals surface area (Å²) in [5, 5.41) is 11.6. The lowest BCUT2D eigenvalue weighted by atomic mass is 10.2. The molecule has 1 heterocycles. The van der Waals surface area contributed by atoms with Gasteiger partial charge < -0.3 is 9.73 Å². The maximum absolute atomic E-state index is 8.39. The standard InChI is InChI=1S/C12H13N3O/c1-9-15-11-4-3-10(7-12(11)16-9)8-14-6-2-5-13/h3-4,7,14H,2,6,8H2,1H3. The van der Waals surface area contributed by atoms with Crippen LogP contribution < -0.4 is 5.32 Å². The molecule has 4 nitrogen and oxygen atoms in total. The van der Waals surface area contributed by atoms with Gasteiger partial charge in [-0.3, -0.25) is 0 Å². The topological polar surface area (TPSA) is 61.9 Å². The van der Waals surface area contributed by atoms with Gasteiger partial charge in [0.1, 0.15) is 5.52 Å². The molecule has 0 aliphatic heterocycles. The van der Waals surface area contributed by atoms with Crippen LogP contribution in [0.4, 0.5) is 0 Å². The van der Waals surface area contributed by atoms with Crippen LogP contribution in [0.5, 0.6) is 0 Å². The molecule has 0 aliphatic rings. The Morgan fingerprint density at radius 2 is 2.38 bits per heavy atom. The summed E-state index contributed by atoms with van der Waals surface area (Å²) in [4.78, 5) is 4.23. The van der Waals surface area contributed by atoms with Crippen LogP contribution in [0.3, 0.4) is 0 Å². The van der Waals surface area contributed by atoms with Crippen molar-refractivity contribution in [1.82, 2.24) is 10.3 Å². The Kier molecular flexibility index (Phi) is 3.18. The molecular formula is C12H13N3O. The third kappa shape index (κ3) is 2.38. The number of hydrogen-bond donors (Lipinski definition) is 1. The van der Waals surface area contributed by atoms with E-state index in [1.54, 1.807) is 0 Å². The fourth-order valence-electron chi connectivity index (χ4n) is 1.57. The number of aryl methyl sites for hydroxylation is 1. The molecule has 0 unspecified atom stereocenters. The van der Waals surface area contributed by atoms with Crippen LogP contribution in [0.2, 0.25) is 0 Å². The van der Waals surface area contributed by atoms with Crippen molar-refractivity contribution in [1.29, 1.82) is 5.26 Å². The molecule has 0 atom stereocenters. The summed E-state index contributed by atoms with van der Waals surface area (Å²) in [6.07, 6.45) is 0.531. The highest BCUT2D eigenvalue weighted by molar-refractivity contribution is 5.73. The van der Waals surface area contributed by atoms with E-state index < -0.39 is 0 Å². The number of oxazole rings is 1. The second-order valence-corrected chi connectivity index (χ2v) is 3.62. The maximum atomic E-state index is 8.39. The fourth-order valence-corrected chi connectivity index (χ4v) is 1.57. The van der Waals surface area contributed by atoms with Gasteiger partial charge in [-0.1, -0.05) is 6.07 Å². The Balaban J connectivity index is 2.05. The number of hydrogen-bond acceptors (Lipinski definition) is 4. The van der Waals surface area contributed by atoms with E-state index >= 15 is 0 Å².